The lowest BCUT2D eigenvalue weighted by Crippen LogP contribution is -2.36. The minimum absolute atomic E-state index is 0.781. The summed E-state index contributed by atoms with van der Waals surface area (Å²) in [6.07, 6.45) is 0. The maximum Gasteiger partial charge on any atom is 0.162 e. The molecular formula is C13H18N4O. The molecule has 1 aliphatic rings. The van der Waals surface area contributed by atoms with Gasteiger partial charge in [-0.2, -0.15) is 0 Å². The van der Waals surface area contributed by atoms with Crippen LogP contribution in [0.5, 0.6) is 0 Å². The zero-order chi connectivity index (χ0) is 12.7. The van der Waals surface area contributed by atoms with Crippen LogP contribution < -0.4 is 4.90 Å². The number of anilines is 1. The largest absolute Gasteiger partial charge is 0.378 e. The molecule has 2 aromatic rings. The molecule has 1 aliphatic heterocycles. The summed E-state index contributed by atoms with van der Waals surface area (Å²) in [4.78, 5) is 11.5. The van der Waals surface area contributed by atoms with Gasteiger partial charge >= 0.3 is 0 Å². The fraction of sp³-hybridized carbons (Fsp3) is 0.538. The lowest BCUT2D eigenvalue weighted by Gasteiger charge is -2.28. The Morgan fingerprint density at radius 1 is 1.11 bits per heavy atom. The number of rotatable bonds is 1. The number of hydrogen-bond donors (Lipinski definition) is 0. The van der Waals surface area contributed by atoms with Gasteiger partial charge in [-0.1, -0.05) is 0 Å². The van der Waals surface area contributed by atoms with Crippen LogP contribution in [0.2, 0.25) is 0 Å². The number of hydrogen-bond acceptors (Lipinski definition) is 4. The number of aryl methyl sites for hydroxylation is 3. The quantitative estimate of drug-likeness (QED) is 0.764. The Morgan fingerprint density at radius 2 is 1.83 bits per heavy atom. The van der Waals surface area contributed by atoms with Gasteiger partial charge in [-0.25, -0.2) is 9.97 Å². The summed E-state index contributed by atoms with van der Waals surface area (Å²) in [7, 11) is 0. The molecule has 3 heterocycles. The van der Waals surface area contributed by atoms with Crippen molar-refractivity contribution in [3.8, 4) is 0 Å². The van der Waals surface area contributed by atoms with Crippen molar-refractivity contribution in [3.63, 3.8) is 0 Å². The summed E-state index contributed by atoms with van der Waals surface area (Å²) in [6.45, 7) is 9.52. The Bertz CT molecular complexity index is 584. The monoisotopic (exact) mass is 246 g/mol. The summed E-state index contributed by atoms with van der Waals surface area (Å²) < 4.78 is 7.49. The number of imidazole rings is 1. The van der Waals surface area contributed by atoms with Gasteiger partial charge in [-0.05, 0) is 20.8 Å². The van der Waals surface area contributed by atoms with Crippen molar-refractivity contribution in [2.24, 2.45) is 0 Å². The third-order valence-electron chi connectivity index (χ3n) is 3.43. The Hall–Kier alpha value is -1.62. The third-order valence-corrected chi connectivity index (χ3v) is 3.43. The fourth-order valence-corrected chi connectivity index (χ4v) is 2.56. The predicted molar refractivity (Wildman–Crippen MR) is 70.2 cm³/mol. The molecule has 0 saturated carbocycles. The summed E-state index contributed by atoms with van der Waals surface area (Å²) >= 11 is 0. The van der Waals surface area contributed by atoms with Crippen molar-refractivity contribution in [1.29, 1.82) is 0 Å². The molecule has 0 spiro atoms. The molecule has 0 unspecified atom stereocenters. The Labute approximate surface area is 106 Å². The molecule has 0 bridgehead atoms. The highest BCUT2D eigenvalue weighted by molar-refractivity contribution is 5.54. The van der Waals surface area contributed by atoms with Crippen molar-refractivity contribution < 1.29 is 4.74 Å². The lowest BCUT2D eigenvalue weighted by atomic mass is 10.3. The van der Waals surface area contributed by atoms with Crippen LogP contribution in [0.25, 0.3) is 5.65 Å². The Balaban J connectivity index is 2.11. The maximum absolute atomic E-state index is 5.38. The SMILES string of the molecule is Cc1nc(C)n2c(C)cc(N3CCOCC3)nc12. The standard InChI is InChI=1S/C13H18N4O/c1-9-8-12(16-4-6-18-7-5-16)15-13-10(2)14-11(3)17(9)13/h8H,4-7H2,1-3H3. The van der Waals surface area contributed by atoms with Gasteiger partial charge < -0.3 is 9.64 Å². The lowest BCUT2D eigenvalue weighted by molar-refractivity contribution is 0.122. The van der Waals surface area contributed by atoms with E-state index in [4.69, 9.17) is 9.72 Å². The summed E-state index contributed by atoms with van der Waals surface area (Å²) in [5.74, 6) is 2.03. The number of fused-ring (bicyclic) bond motifs is 1. The van der Waals surface area contributed by atoms with E-state index in [-0.39, 0.29) is 0 Å². The zero-order valence-corrected chi connectivity index (χ0v) is 11.1. The normalized spacial score (nSPS) is 16.5. The highest BCUT2D eigenvalue weighted by atomic mass is 16.5. The van der Waals surface area contributed by atoms with Crippen molar-refractivity contribution in [2.45, 2.75) is 20.8 Å². The average molecular weight is 246 g/mol. The number of ether oxygens (including phenoxy) is 1. The minimum atomic E-state index is 0.781. The molecule has 18 heavy (non-hydrogen) atoms. The van der Waals surface area contributed by atoms with E-state index in [9.17, 15) is 0 Å². The minimum Gasteiger partial charge on any atom is -0.378 e. The first-order valence-corrected chi connectivity index (χ1v) is 6.33. The summed E-state index contributed by atoms with van der Waals surface area (Å²) in [5, 5.41) is 0. The van der Waals surface area contributed by atoms with Crippen molar-refractivity contribution >= 4 is 11.5 Å². The van der Waals surface area contributed by atoms with Crippen LogP contribution in [0.3, 0.4) is 0 Å². The third kappa shape index (κ3) is 1.75. The van der Waals surface area contributed by atoms with E-state index in [1.165, 1.54) is 5.69 Å². The second kappa shape index (κ2) is 4.24. The van der Waals surface area contributed by atoms with Gasteiger partial charge in [0.15, 0.2) is 5.65 Å². The molecule has 5 heteroatoms. The van der Waals surface area contributed by atoms with Crippen molar-refractivity contribution in [1.82, 2.24) is 14.4 Å². The second-order valence-electron chi connectivity index (χ2n) is 4.76. The number of aromatic nitrogens is 3. The second-order valence-corrected chi connectivity index (χ2v) is 4.76. The van der Waals surface area contributed by atoms with Crippen LogP contribution in [-0.2, 0) is 4.74 Å². The number of morpholine rings is 1. The Morgan fingerprint density at radius 3 is 2.56 bits per heavy atom. The molecule has 0 amide bonds. The average Bonchev–Trinajstić information content (AvgIpc) is 2.66. The molecule has 2 aromatic heterocycles. The number of nitrogens with zero attached hydrogens (tertiary/aromatic N) is 4. The molecule has 3 rings (SSSR count). The van der Waals surface area contributed by atoms with Gasteiger partial charge in [0.05, 0.1) is 18.9 Å². The van der Waals surface area contributed by atoms with E-state index in [0.29, 0.717) is 0 Å². The van der Waals surface area contributed by atoms with Gasteiger partial charge in [0, 0.05) is 24.8 Å². The highest BCUT2D eigenvalue weighted by Crippen LogP contribution is 2.20. The van der Waals surface area contributed by atoms with Crippen LogP contribution in [0.1, 0.15) is 17.2 Å². The van der Waals surface area contributed by atoms with E-state index in [0.717, 1.165) is 49.3 Å². The van der Waals surface area contributed by atoms with E-state index < -0.39 is 0 Å². The molecule has 0 aliphatic carbocycles. The smallest absolute Gasteiger partial charge is 0.162 e. The van der Waals surface area contributed by atoms with Crippen LogP contribution >= 0.6 is 0 Å². The molecule has 96 valence electrons. The summed E-state index contributed by atoms with van der Waals surface area (Å²) in [5.41, 5.74) is 3.14. The molecule has 0 aromatic carbocycles. The van der Waals surface area contributed by atoms with E-state index in [2.05, 4.69) is 27.3 Å². The Kier molecular flexibility index (Phi) is 2.70. The molecule has 1 saturated heterocycles. The highest BCUT2D eigenvalue weighted by Gasteiger charge is 2.16. The molecule has 5 nitrogen and oxygen atoms in total. The zero-order valence-electron chi connectivity index (χ0n) is 11.1. The molecule has 0 N–H and O–H groups in total. The van der Waals surface area contributed by atoms with Crippen molar-refractivity contribution in [2.75, 3.05) is 31.2 Å². The van der Waals surface area contributed by atoms with Gasteiger partial charge in [-0.15, -0.1) is 0 Å². The van der Waals surface area contributed by atoms with Gasteiger partial charge in [0.1, 0.15) is 11.6 Å². The fourth-order valence-electron chi connectivity index (χ4n) is 2.56. The first kappa shape index (κ1) is 11.5. The van der Waals surface area contributed by atoms with E-state index >= 15 is 0 Å². The van der Waals surface area contributed by atoms with Gasteiger partial charge in [0.2, 0.25) is 0 Å². The predicted octanol–water partition coefficient (Wildman–Crippen LogP) is 1.49. The first-order chi connectivity index (χ1) is 8.66. The van der Waals surface area contributed by atoms with Crippen LogP contribution in [0.15, 0.2) is 6.07 Å². The topological polar surface area (TPSA) is 42.7 Å². The molecule has 1 fully saturated rings. The maximum atomic E-state index is 5.38. The molecular weight excluding hydrogens is 228 g/mol. The van der Waals surface area contributed by atoms with Gasteiger partial charge in [-0.3, -0.25) is 4.40 Å². The van der Waals surface area contributed by atoms with Crippen LogP contribution in [-0.4, -0.2) is 40.7 Å². The van der Waals surface area contributed by atoms with Crippen LogP contribution in [0.4, 0.5) is 5.82 Å². The molecule has 0 radical (unpaired) electrons. The molecule has 0 atom stereocenters. The van der Waals surface area contributed by atoms with Crippen LogP contribution in [0, 0.1) is 20.8 Å². The summed E-state index contributed by atoms with van der Waals surface area (Å²) in [6, 6.07) is 2.13. The van der Waals surface area contributed by atoms with Gasteiger partial charge in [0.25, 0.3) is 0 Å². The first-order valence-electron chi connectivity index (χ1n) is 6.33. The van der Waals surface area contributed by atoms with Crippen molar-refractivity contribution in [3.05, 3.63) is 23.3 Å². The van der Waals surface area contributed by atoms with E-state index in [1.54, 1.807) is 0 Å². The van der Waals surface area contributed by atoms with E-state index in [1.807, 2.05) is 13.8 Å².